The molecule has 0 radical (unpaired) electrons. The normalized spacial score (nSPS) is 12.0. The van der Waals surface area contributed by atoms with Crippen LogP contribution in [-0.2, 0) is 29.5 Å². The van der Waals surface area contributed by atoms with Crippen molar-refractivity contribution >= 4 is 43.2 Å². The third-order valence-electron chi connectivity index (χ3n) is 5.27. The van der Waals surface area contributed by atoms with Gasteiger partial charge in [0, 0.05) is 30.0 Å². The molecule has 0 atom stereocenters. The summed E-state index contributed by atoms with van der Waals surface area (Å²) >= 11 is 7.40. The van der Waals surface area contributed by atoms with E-state index in [9.17, 15) is 13.2 Å². The first-order chi connectivity index (χ1) is 15.2. The third-order valence-corrected chi connectivity index (χ3v) is 7.94. The van der Waals surface area contributed by atoms with Gasteiger partial charge >= 0.3 is 0 Å². The summed E-state index contributed by atoms with van der Waals surface area (Å²) in [5.41, 5.74) is 3.63. The maximum atomic E-state index is 13.0. The lowest BCUT2D eigenvalue weighted by Crippen LogP contribution is -2.24. The first kappa shape index (κ1) is 22.7. The van der Waals surface area contributed by atoms with Gasteiger partial charge in [-0.3, -0.25) is 9.36 Å². The fourth-order valence-electron chi connectivity index (χ4n) is 3.30. The molecule has 9 heteroatoms. The maximum absolute atomic E-state index is 13.0. The summed E-state index contributed by atoms with van der Waals surface area (Å²) in [4.78, 5) is 18.4. The fourth-order valence-corrected chi connectivity index (χ4v) is 4.87. The number of benzene rings is 2. The second-order valence-electron chi connectivity index (χ2n) is 7.66. The van der Waals surface area contributed by atoms with E-state index in [-0.39, 0.29) is 5.56 Å². The summed E-state index contributed by atoms with van der Waals surface area (Å²) < 4.78 is 26.7. The van der Waals surface area contributed by atoms with E-state index < -0.39 is 10.0 Å². The van der Waals surface area contributed by atoms with Crippen molar-refractivity contribution in [2.45, 2.75) is 19.5 Å². The summed E-state index contributed by atoms with van der Waals surface area (Å²) in [6, 6.07) is 17.2. The predicted molar refractivity (Wildman–Crippen MR) is 131 cm³/mol. The van der Waals surface area contributed by atoms with Gasteiger partial charge in [0.05, 0.1) is 18.1 Å². The zero-order valence-electron chi connectivity index (χ0n) is 17.7. The molecular formula is C23H22ClN3O3S2. The fraction of sp³-hybridized carbons (Fsp3) is 0.217. The van der Waals surface area contributed by atoms with Crippen LogP contribution >= 0.6 is 22.9 Å². The number of fused-ring (bicyclic) bond motifs is 1. The van der Waals surface area contributed by atoms with Crippen LogP contribution < -0.4 is 5.56 Å². The number of halogens is 1. The van der Waals surface area contributed by atoms with Crippen molar-refractivity contribution in [1.29, 1.82) is 0 Å². The van der Waals surface area contributed by atoms with E-state index in [4.69, 9.17) is 11.6 Å². The second kappa shape index (κ2) is 9.15. The minimum absolute atomic E-state index is 0.0494. The monoisotopic (exact) mass is 487 g/mol. The molecule has 0 fully saturated rings. The van der Waals surface area contributed by atoms with Crippen LogP contribution in [0.5, 0.6) is 0 Å². The van der Waals surface area contributed by atoms with Crippen molar-refractivity contribution in [2.75, 3.05) is 13.3 Å². The summed E-state index contributed by atoms with van der Waals surface area (Å²) in [6.45, 7) is 0.839. The summed E-state index contributed by atoms with van der Waals surface area (Å²) in [5.74, 6) is 0. The van der Waals surface area contributed by atoms with Gasteiger partial charge in [-0.2, -0.15) is 0 Å². The van der Waals surface area contributed by atoms with Crippen LogP contribution in [0.15, 0.2) is 65.7 Å². The van der Waals surface area contributed by atoms with Crippen molar-refractivity contribution < 1.29 is 8.42 Å². The van der Waals surface area contributed by atoms with E-state index in [1.807, 2.05) is 54.6 Å². The zero-order chi connectivity index (χ0) is 22.9. The Hall–Kier alpha value is -2.52. The van der Waals surface area contributed by atoms with E-state index in [0.29, 0.717) is 34.7 Å². The van der Waals surface area contributed by atoms with E-state index in [0.717, 1.165) is 21.6 Å². The molecule has 0 unspecified atom stereocenters. The SMILES string of the molecule is CN(Cc1ccc(CCn2cnc3cc(-c4ccc(Cl)cc4)sc3c2=O)cc1)S(C)(=O)=O. The van der Waals surface area contributed by atoms with E-state index in [1.54, 1.807) is 17.9 Å². The van der Waals surface area contributed by atoms with Gasteiger partial charge in [-0.05, 0) is 41.3 Å². The average molecular weight is 488 g/mol. The Morgan fingerprint density at radius 2 is 1.72 bits per heavy atom. The Morgan fingerprint density at radius 3 is 2.38 bits per heavy atom. The van der Waals surface area contributed by atoms with Crippen molar-refractivity contribution in [3.05, 3.63) is 87.4 Å². The minimum atomic E-state index is -3.21. The smallest absolute Gasteiger partial charge is 0.271 e. The Morgan fingerprint density at radius 1 is 1.06 bits per heavy atom. The molecule has 32 heavy (non-hydrogen) atoms. The number of sulfonamides is 1. The van der Waals surface area contributed by atoms with Gasteiger partial charge in [0.1, 0.15) is 4.70 Å². The molecule has 0 aliphatic rings. The van der Waals surface area contributed by atoms with Crippen LogP contribution in [-0.4, -0.2) is 35.6 Å². The summed E-state index contributed by atoms with van der Waals surface area (Å²) in [6.07, 6.45) is 3.46. The van der Waals surface area contributed by atoms with Gasteiger partial charge in [-0.1, -0.05) is 48.0 Å². The number of hydrogen-bond donors (Lipinski definition) is 0. The molecule has 0 saturated carbocycles. The quantitative estimate of drug-likeness (QED) is 0.387. The molecule has 0 aliphatic heterocycles. The van der Waals surface area contributed by atoms with Crippen molar-refractivity contribution in [2.24, 2.45) is 0 Å². The molecule has 0 N–H and O–H groups in total. The number of rotatable bonds is 7. The van der Waals surface area contributed by atoms with E-state index in [1.165, 1.54) is 21.9 Å². The highest BCUT2D eigenvalue weighted by molar-refractivity contribution is 7.88. The average Bonchev–Trinajstić information content (AvgIpc) is 3.19. The Kier molecular flexibility index (Phi) is 6.48. The van der Waals surface area contributed by atoms with Gasteiger partial charge in [0.25, 0.3) is 5.56 Å². The Labute approximate surface area is 195 Å². The molecule has 0 spiro atoms. The molecule has 4 aromatic rings. The van der Waals surface area contributed by atoms with Gasteiger partial charge in [0.2, 0.25) is 10.0 Å². The van der Waals surface area contributed by atoms with Crippen molar-refractivity contribution in [3.63, 3.8) is 0 Å². The van der Waals surface area contributed by atoms with Crippen LogP contribution in [0.25, 0.3) is 20.7 Å². The van der Waals surface area contributed by atoms with Crippen molar-refractivity contribution in [1.82, 2.24) is 13.9 Å². The second-order valence-corrected chi connectivity index (χ2v) is 11.2. The van der Waals surface area contributed by atoms with Crippen LogP contribution in [0.3, 0.4) is 0 Å². The summed E-state index contributed by atoms with van der Waals surface area (Å²) in [7, 11) is -1.66. The van der Waals surface area contributed by atoms with Gasteiger partial charge in [-0.25, -0.2) is 17.7 Å². The molecule has 2 heterocycles. The lowest BCUT2D eigenvalue weighted by atomic mass is 10.1. The third kappa shape index (κ3) is 5.10. The lowest BCUT2D eigenvalue weighted by Gasteiger charge is -2.14. The highest BCUT2D eigenvalue weighted by atomic mass is 35.5. The molecule has 0 saturated heterocycles. The molecule has 0 amide bonds. The van der Waals surface area contributed by atoms with Crippen LogP contribution in [0, 0.1) is 0 Å². The molecule has 6 nitrogen and oxygen atoms in total. The maximum Gasteiger partial charge on any atom is 0.271 e. The molecule has 166 valence electrons. The Bertz CT molecular complexity index is 1410. The molecule has 2 aromatic heterocycles. The standard InChI is InChI=1S/C23H22ClN3O3S2/c1-26(32(2,29)30)14-17-5-3-16(4-6-17)11-12-27-15-25-20-13-21(31-22(20)23(27)28)18-7-9-19(24)10-8-18/h3-10,13,15H,11-12,14H2,1-2H3. The zero-order valence-corrected chi connectivity index (χ0v) is 20.0. The first-order valence-corrected chi connectivity index (χ1v) is 13.0. The van der Waals surface area contributed by atoms with Gasteiger partial charge in [-0.15, -0.1) is 11.3 Å². The number of aryl methyl sites for hydroxylation is 2. The highest BCUT2D eigenvalue weighted by Crippen LogP contribution is 2.31. The largest absolute Gasteiger partial charge is 0.298 e. The number of nitrogens with zero attached hydrogens (tertiary/aromatic N) is 3. The van der Waals surface area contributed by atoms with Crippen LogP contribution in [0.4, 0.5) is 0 Å². The molecule has 2 aromatic carbocycles. The lowest BCUT2D eigenvalue weighted by molar-refractivity contribution is 0.472. The Balaban J connectivity index is 1.48. The molecule has 0 aliphatic carbocycles. The van der Waals surface area contributed by atoms with E-state index >= 15 is 0 Å². The van der Waals surface area contributed by atoms with Gasteiger partial charge in [0.15, 0.2) is 0 Å². The van der Waals surface area contributed by atoms with Crippen molar-refractivity contribution in [3.8, 4) is 10.4 Å². The topological polar surface area (TPSA) is 72.3 Å². The van der Waals surface area contributed by atoms with E-state index in [2.05, 4.69) is 4.98 Å². The molecule has 0 bridgehead atoms. The number of hydrogen-bond acceptors (Lipinski definition) is 5. The van der Waals surface area contributed by atoms with Gasteiger partial charge < -0.3 is 0 Å². The molecular weight excluding hydrogens is 466 g/mol. The molecule has 4 rings (SSSR count). The first-order valence-electron chi connectivity index (χ1n) is 9.95. The predicted octanol–water partition coefficient (Wildman–Crippen LogP) is 4.41. The van der Waals surface area contributed by atoms with Crippen LogP contribution in [0.1, 0.15) is 11.1 Å². The number of aromatic nitrogens is 2. The summed E-state index contributed by atoms with van der Waals surface area (Å²) in [5, 5.41) is 0.672. The minimum Gasteiger partial charge on any atom is -0.298 e. The number of thiophene rings is 1. The van der Waals surface area contributed by atoms with Crippen LogP contribution in [0.2, 0.25) is 5.02 Å². The highest BCUT2D eigenvalue weighted by Gasteiger charge is 2.12.